The number of ether oxygens (including phenoxy) is 1. The number of hydrogen-bond acceptors (Lipinski definition) is 3. The third kappa shape index (κ3) is 4.82. The molecule has 1 aromatic heterocycles. The van der Waals surface area contributed by atoms with E-state index in [-0.39, 0.29) is 18.2 Å². The summed E-state index contributed by atoms with van der Waals surface area (Å²) in [6.07, 6.45) is 4.67. The van der Waals surface area contributed by atoms with Crippen molar-refractivity contribution in [1.82, 2.24) is 19.8 Å². The van der Waals surface area contributed by atoms with Gasteiger partial charge in [-0.25, -0.2) is 9.78 Å². The van der Waals surface area contributed by atoms with Crippen molar-refractivity contribution >= 4 is 6.03 Å². The number of carbonyl (C=O) groups is 1. The van der Waals surface area contributed by atoms with Gasteiger partial charge in [-0.2, -0.15) is 0 Å². The van der Waals surface area contributed by atoms with Gasteiger partial charge in [0.2, 0.25) is 0 Å². The Labute approximate surface area is 148 Å². The van der Waals surface area contributed by atoms with Gasteiger partial charge in [-0.05, 0) is 19.4 Å². The highest BCUT2D eigenvalue weighted by Gasteiger charge is 2.25. The molecule has 6 nitrogen and oxygen atoms in total. The maximum absolute atomic E-state index is 12.3. The van der Waals surface area contributed by atoms with Gasteiger partial charge in [-0.1, -0.05) is 30.3 Å². The summed E-state index contributed by atoms with van der Waals surface area (Å²) in [7, 11) is 0. The summed E-state index contributed by atoms with van der Waals surface area (Å²) in [5.41, 5.74) is 1.24. The molecule has 1 aliphatic rings. The van der Waals surface area contributed by atoms with Crippen LogP contribution < -0.4 is 5.32 Å². The van der Waals surface area contributed by atoms with E-state index >= 15 is 0 Å². The standard InChI is InChI=1S/C19H26N4O2/c1-15-12-23(13-16(2)25-15)19(24)21-9-8-18-20-10-11-22(18)14-17-6-4-3-5-7-17/h3-7,10-11,15-16H,8-9,12-14H2,1-2H3,(H,21,24). The van der Waals surface area contributed by atoms with Gasteiger partial charge in [0, 0.05) is 45.0 Å². The van der Waals surface area contributed by atoms with E-state index in [2.05, 4.69) is 27.0 Å². The smallest absolute Gasteiger partial charge is 0.317 e. The lowest BCUT2D eigenvalue weighted by Gasteiger charge is -2.35. The first-order chi connectivity index (χ1) is 12.1. The Balaban J connectivity index is 1.49. The minimum Gasteiger partial charge on any atom is -0.372 e. The Bertz CT molecular complexity index is 676. The molecule has 0 saturated carbocycles. The molecule has 2 unspecified atom stereocenters. The van der Waals surface area contributed by atoms with Crippen LogP contribution in [-0.2, 0) is 17.7 Å². The Morgan fingerprint density at radius 2 is 1.96 bits per heavy atom. The fourth-order valence-corrected chi connectivity index (χ4v) is 3.23. The van der Waals surface area contributed by atoms with Crippen LogP contribution in [-0.4, -0.2) is 52.3 Å². The van der Waals surface area contributed by atoms with Crippen LogP contribution in [0.25, 0.3) is 0 Å². The molecule has 134 valence electrons. The van der Waals surface area contributed by atoms with E-state index < -0.39 is 0 Å². The molecule has 1 aliphatic heterocycles. The van der Waals surface area contributed by atoms with Crippen molar-refractivity contribution in [2.24, 2.45) is 0 Å². The topological polar surface area (TPSA) is 59.4 Å². The second kappa shape index (κ2) is 8.16. The maximum atomic E-state index is 12.3. The number of benzene rings is 1. The van der Waals surface area contributed by atoms with Crippen molar-refractivity contribution in [3.05, 3.63) is 54.1 Å². The monoisotopic (exact) mass is 342 g/mol. The van der Waals surface area contributed by atoms with Gasteiger partial charge >= 0.3 is 6.03 Å². The lowest BCUT2D eigenvalue weighted by molar-refractivity contribution is -0.0544. The third-order valence-corrected chi connectivity index (χ3v) is 4.33. The van der Waals surface area contributed by atoms with Crippen LogP contribution in [0.2, 0.25) is 0 Å². The highest BCUT2D eigenvalue weighted by Crippen LogP contribution is 2.10. The number of rotatable bonds is 5. The largest absolute Gasteiger partial charge is 0.372 e. The number of hydrogen-bond donors (Lipinski definition) is 1. The molecule has 1 fully saturated rings. The summed E-state index contributed by atoms with van der Waals surface area (Å²) in [5, 5.41) is 3.00. The van der Waals surface area contributed by atoms with Gasteiger partial charge in [0.05, 0.1) is 12.2 Å². The van der Waals surface area contributed by atoms with Gasteiger partial charge in [0.15, 0.2) is 0 Å². The Morgan fingerprint density at radius 1 is 1.24 bits per heavy atom. The van der Waals surface area contributed by atoms with E-state index in [4.69, 9.17) is 4.74 Å². The average Bonchev–Trinajstić information content (AvgIpc) is 3.02. The minimum atomic E-state index is -0.0248. The van der Waals surface area contributed by atoms with Crippen LogP contribution in [0.1, 0.15) is 25.2 Å². The predicted molar refractivity (Wildman–Crippen MR) is 96.5 cm³/mol. The van der Waals surface area contributed by atoms with Gasteiger partial charge < -0.3 is 19.5 Å². The van der Waals surface area contributed by atoms with Gasteiger partial charge in [0.1, 0.15) is 5.82 Å². The highest BCUT2D eigenvalue weighted by atomic mass is 16.5. The zero-order chi connectivity index (χ0) is 17.6. The van der Waals surface area contributed by atoms with Crippen molar-refractivity contribution < 1.29 is 9.53 Å². The van der Waals surface area contributed by atoms with E-state index in [9.17, 15) is 4.79 Å². The first-order valence-electron chi connectivity index (χ1n) is 8.84. The first kappa shape index (κ1) is 17.5. The van der Waals surface area contributed by atoms with E-state index in [0.29, 0.717) is 26.1 Å². The molecule has 2 heterocycles. The van der Waals surface area contributed by atoms with E-state index in [1.165, 1.54) is 5.56 Å². The summed E-state index contributed by atoms with van der Waals surface area (Å²) in [5.74, 6) is 0.980. The lowest BCUT2D eigenvalue weighted by Crippen LogP contribution is -2.51. The molecular formula is C19H26N4O2. The Morgan fingerprint density at radius 3 is 2.68 bits per heavy atom. The molecule has 25 heavy (non-hydrogen) atoms. The number of carbonyl (C=O) groups excluding carboxylic acids is 1. The molecule has 1 N–H and O–H groups in total. The van der Waals surface area contributed by atoms with Crippen LogP contribution in [0, 0.1) is 0 Å². The number of amides is 2. The normalized spacial score (nSPS) is 20.5. The molecule has 0 spiro atoms. The minimum absolute atomic E-state index is 0.0248. The molecule has 2 aromatic rings. The zero-order valence-electron chi connectivity index (χ0n) is 14.9. The number of nitrogens with zero attached hydrogens (tertiary/aromatic N) is 3. The van der Waals surface area contributed by atoms with E-state index in [1.807, 2.05) is 49.3 Å². The van der Waals surface area contributed by atoms with Crippen LogP contribution >= 0.6 is 0 Å². The molecule has 2 amide bonds. The zero-order valence-corrected chi connectivity index (χ0v) is 14.9. The molecular weight excluding hydrogens is 316 g/mol. The molecule has 1 aromatic carbocycles. The number of morpholine rings is 1. The molecule has 0 bridgehead atoms. The van der Waals surface area contributed by atoms with Crippen LogP contribution in [0.4, 0.5) is 4.79 Å². The summed E-state index contributed by atoms with van der Waals surface area (Å²) in [6.45, 7) is 6.64. The van der Waals surface area contributed by atoms with E-state index in [1.54, 1.807) is 0 Å². The summed E-state index contributed by atoms with van der Waals surface area (Å²) >= 11 is 0. The summed E-state index contributed by atoms with van der Waals surface area (Å²) in [6, 6.07) is 10.3. The van der Waals surface area contributed by atoms with Crippen molar-refractivity contribution in [3.63, 3.8) is 0 Å². The first-order valence-corrected chi connectivity index (χ1v) is 8.84. The quantitative estimate of drug-likeness (QED) is 0.907. The van der Waals surface area contributed by atoms with Crippen LogP contribution in [0.5, 0.6) is 0 Å². The number of urea groups is 1. The average molecular weight is 342 g/mol. The summed E-state index contributed by atoms with van der Waals surface area (Å²) in [4.78, 5) is 18.6. The second-order valence-corrected chi connectivity index (χ2v) is 6.60. The SMILES string of the molecule is CC1CN(C(=O)NCCc2nccn2Cc2ccccc2)CC(C)O1. The number of aromatic nitrogens is 2. The molecule has 6 heteroatoms. The van der Waals surface area contributed by atoms with Crippen molar-refractivity contribution in [1.29, 1.82) is 0 Å². The molecule has 0 aliphatic carbocycles. The van der Waals surface area contributed by atoms with E-state index in [0.717, 1.165) is 12.4 Å². The molecule has 2 atom stereocenters. The fourth-order valence-electron chi connectivity index (χ4n) is 3.23. The van der Waals surface area contributed by atoms with Crippen molar-refractivity contribution in [2.75, 3.05) is 19.6 Å². The Kier molecular flexibility index (Phi) is 5.71. The van der Waals surface area contributed by atoms with Crippen LogP contribution in [0.15, 0.2) is 42.7 Å². The van der Waals surface area contributed by atoms with Gasteiger partial charge in [-0.3, -0.25) is 0 Å². The number of nitrogens with one attached hydrogen (secondary N) is 1. The van der Waals surface area contributed by atoms with Crippen LogP contribution in [0.3, 0.4) is 0 Å². The predicted octanol–water partition coefficient (Wildman–Crippen LogP) is 2.29. The maximum Gasteiger partial charge on any atom is 0.317 e. The second-order valence-electron chi connectivity index (χ2n) is 6.60. The third-order valence-electron chi connectivity index (χ3n) is 4.33. The molecule has 1 saturated heterocycles. The molecule has 0 radical (unpaired) electrons. The fraction of sp³-hybridized carbons (Fsp3) is 0.474. The molecule has 3 rings (SSSR count). The summed E-state index contributed by atoms with van der Waals surface area (Å²) < 4.78 is 7.79. The Hall–Kier alpha value is -2.34. The van der Waals surface area contributed by atoms with Gasteiger partial charge in [0.25, 0.3) is 0 Å². The van der Waals surface area contributed by atoms with Crippen molar-refractivity contribution in [3.8, 4) is 0 Å². The van der Waals surface area contributed by atoms with Crippen molar-refractivity contribution in [2.45, 2.75) is 39.0 Å². The van der Waals surface area contributed by atoms with Gasteiger partial charge in [-0.15, -0.1) is 0 Å². The highest BCUT2D eigenvalue weighted by molar-refractivity contribution is 5.74. The lowest BCUT2D eigenvalue weighted by atomic mass is 10.2. The number of imidazole rings is 1.